The molecule has 0 bridgehead atoms. The molecule has 0 saturated carbocycles. The van der Waals surface area contributed by atoms with Gasteiger partial charge in [-0.15, -0.1) is 0 Å². The number of carboxylic acid groups (broad SMARTS) is 1. The molecule has 1 amide bonds. The summed E-state index contributed by atoms with van der Waals surface area (Å²) in [5, 5.41) is 8.80. The summed E-state index contributed by atoms with van der Waals surface area (Å²) in [7, 11) is 0. The van der Waals surface area contributed by atoms with Crippen molar-refractivity contribution in [3.8, 4) is 0 Å². The summed E-state index contributed by atoms with van der Waals surface area (Å²) in [5.74, 6) is -1.57. The van der Waals surface area contributed by atoms with Crippen LogP contribution in [0.3, 0.4) is 0 Å². The van der Waals surface area contributed by atoms with E-state index in [0.717, 1.165) is 4.90 Å². The second-order valence-electron chi connectivity index (χ2n) is 3.19. The van der Waals surface area contributed by atoms with E-state index in [0.29, 0.717) is 0 Å². The van der Waals surface area contributed by atoms with Crippen LogP contribution in [0.1, 0.15) is 17.3 Å². The lowest BCUT2D eigenvalue weighted by molar-refractivity contribution is -0.137. The SMILES string of the molecule is CCN(CC(=O)O)C(=O)c1ccc(Cl)nc1Cl. The number of aromatic nitrogens is 1. The first-order valence-electron chi connectivity index (χ1n) is 4.78. The molecule has 1 aromatic rings. The molecule has 0 fully saturated rings. The highest BCUT2D eigenvalue weighted by atomic mass is 35.5. The quantitative estimate of drug-likeness (QED) is 0.854. The van der Waals surface area contributed by atoms with E-state index in [-0.39, 0.29) is 29.0 Å². The lowest BCUT2D eigenvalue weighted by Crippen LogP contribution is -2.35. The summed E-state index contributed by atoms with van der Waals surface area (Å²) < 4.78 is 0. The molecule has 0 aromatic carbocycles. The average molecular weight is 277 g/mol. The monoisotopic (exact) mass is 276 g/mol. The molecule has 17 heavy (non-hydrogen) atoms. The van der Waals surface area contributed by atoms with Crippen LogP contribution < -0.4 is 0 Å². The molecule has 0 aliphatic heterocycles. The van der Waals surface area contributed by atoms with Gasteiger partial charge in [-0.3, -0.25) is 9.59 Å². The Morgan fingerprint density at radius 1 is 1.41 bits per heavy atom. The van der Waals surface area contributed by atoms with Gasteiger partial charge in [-0.25, -0.2) is 4.98 Å². The second kappa shape index (κ2) is 5.84. The van der Waals surface area contributed by atoms with Crippen LogP contribution in [-0.4, -0.2) is 40.0 Å². The van der Waals surface area contributed by atoms with E-state index in [2.05, 4.69) is 4.98 Å². The van der Waals surface area contributed by atoms with Crippen LogP contribution in [0, 0.1) is 0 Å². The van der Waals surface area contributed by atoms with E-state index < -0.39 is 11.9 Å². The largest absolute Gasteiger partial charge is 0.480 e. The third kappa shape index (κ3) is 3.57. The number of amides is 1. The van der Waals surface area contributed by atoms with Crippen molar-refractivity contribution in [1.29, 1.82) is 0 Å². The van der Waals surface area contributed by atoms with E-state index in [1.165, 1.54) is 12.1 Å². The second-order valence-corrected chi connectivity index (χ2v) is 3.93. The van der Waals surface area contributed by atoms with Crippen LogP contribution in [0.15, 0.2) is 12.1 Å². The van der Waals surface area contributed by atoms with E-state index in [1.807, 2.05) is 0 Å². The maximum absolute atomic E-state index is 11.9. The molecule has 1 N–H and O–H groups in total. The van der Waals surface area contributed by atoms with Gasteiger partial charge < -0.3 is 10.0 Å². The van der Waals surface area contributed by atoms with Gasteiger partial charge in [0.25, 0.3) is 5.91 Å². The van der Waals surface area contributed by atoms with Crippen molar-refractivity contribution in [2.75, 3.05) is 13.1 Å². The number of rotatable bonds is 4. The van der Waals surface area contributed by atoms with Gasteiger partial charge in [-0.1, -0.05) is 23.2 Å². The van der Waals surface area contributed by atoms with Crippen LogP contribution in [-0.2, 0) is 4.79 Å². The predicted octanol–water partition coefficient (Wildman–Crippen LogP) is 1.94. The lowest BCUT2D eigenvalue weighted by atomic mass is 10.2. The van der Waals surface area contributed by atoms with Gasteiger partial charge in [0.05, 0.1) is 5.56 Å². The molecule has 0 aliphatic rings. The number of nitrogens with zero attached hydrogens (tertiary/aromatic N) is 2. The minimum Gasteiger partial charge on any atom is -0.480 e. The standard InChI is InChI=1S/C10H10Cl2N2O3/c1-2-14(5-8(15)16)10(17)6-3-4-7(11)13-9(6)12/h3-4H,2,5H2,1H3,(H,15,16). The first kappa shape index (κ1) is 13.7. The summed E-state index contributed by atoms with van der Waals surface area (Å²) >= 11 is 11.4. The minimum atomic E-state index is -1.08. The predicted molar refractivity (Wildman–Crippen MR) is 63.5 cm³/mol. The number of carbonyl (C=O) groups is 2. The summed E-state index contributed by atoms with van der Waals surface area (Å²) in [5.41, 5.74) is 0.138. The molecular weight excluding hydrogens is 267 g/mol. The number of aliphatic carboxylic acids is 1. The van der Waals surface area contributed by atoms with Crippen molar-refractivity contribution in [1.82, 2.24) is 9.88 Å². The van der Waals surface area contributed by atoms with Gasteiger partial charge in [-0.05, 0) is 19.1 Å². The molecule has 0 saturated heterocycles. The topological polar surface area (TPSA) is 70.5 Å². The highest BCUT2D eigenvalue weighted by Crippen LogP contribution is 2.18. The fraction of sp³-hybridized carbons (Fsp3) is 0.300. The molecule has 0 spiro atoms. The Morgan fingerprint density at radius 3 is 2.53 bits per heavy atom. The fourth-order valence-corrected chi connectivity index (χ4v) is 1.66. The summed E-state index contributed by atoms with van der Waals surface area (Å²) in [6, 6.07) is 2.85. The van der Waals surface area contributed by atoms with Crippen molar-refractivity contribution in [2.24, 2.45) is 0 Å². The molecule has 0 unspecified atom stereocenters. The minimum absolute atomic E-state index is 0.0358. The fourth-order valence-electron chi connectivity index (χ4n) is 1.23. The number of likely N-dealkylation sites (N-methyl/N-ethyl adjacent to an activating group) is 1. The Balaban J connectivity index is 2.97. The van der Waals surface area contributed by atoms with Crippen LogP contribution >= 0.6 is 23.2 Å². The molecule has 0 radical (unpaired) electrons. The maximum atomic E-state index is 11.9. The zero-order valence-corrected chi connectivity index (χ0v) is 10.5. The summed E-state index contributed by atoms with van der Waals surface area (Å²) in [6.45, 7) is 1.57. The van der Waals surface area contributed by atoms with Crippen LogP contribution in [0.5, 0.6) is 0 Å². The molecule has 0 atom stereocenters. The van der Waals surface area contributed by atoms with Crippen LogP contribution in [0.4, 0.5) is 0 Å². The lowest BCUT2D eigenvalue weighted by Gasteiger charge is -2.18. The molecule has 5 nitrogen and oxygen atoms in total. The van der Waals surface area contributed by atoms with E-state index in [4.69, 9.17) is 28.3 Å². The Hall–Kier alpha value is -1.33. The maximum Gasteiger partial charge on any atom is 0.323 e. The van der Waals surface area contributed by atoms with E-state index in [1.54, 1.807) is 6.92 Å². The average Bonchev–Trinajstić information content (AvgIpc) is 2.24. The number of hydrogen-bond acceptors (Lipinski definition) is 3. The number of halogens is 2. The zero-order chi connectivity index (χ0) is 13.0. The van der Waals surface area contributed by atoms with Crippen molar-refractivity contribution < 1.29 is 14.7 Å². The molecule has 92 valence electrons. The van der Waals surface area contributed by atoms with Gasteiger partial charge in [0, 0.05) is 6.54 Å². The Morgan fingerprint density at radius 2 is 2.06 bits per heavy atom. The molecule has 1 heterocycles. The third-order valence-electron chi connectivity index (χ3n) is 2.04. The Kier molecular flexibility index (Phi) is 4.72. The summed E-state index contributed by atoms with van der Waals surface area (Å²) in [6.07, 6.45) is 0. The van der Waals surface area contributed by atoms with Gasteiger partial charge in [0.1, 0.15) is 16.9 Å². The number of carboxylic acids is 1. The summed E-state index contributed by atoms with van der Waals surface area (Å²) in [4.78, 5) is 27.4. The molecule has 1 aromatic heterocycles. The first-order chi connectivity index (χ1) is 7.95. The van der Waals surface area contributed by atoms with Gasteiger partial charge in [-0.2, -0.15) is 0 Å². The highest BCUT2D eigenvalue weighted by Gasteiger charge is 2.20. The van der Waals surface area contributed by atoms with Gasteiger partial charge in [0.15, 0.2) is 0 Å². The first-order valence-corrected chi connectivity index (χ1v) is 5.54. The van der Waals surface area contributed by atoms with Gasteiger partial charge >= 0.3 is 5.97 Å². The third-order valence-corrected chi connectivity index (χ3v) is 2.54. The van der Waals surface area contributed by atoms with Crippen molar-refractivity contribution >= 4 is 35.1 Å². The van der Waals surface area contributed by atoms with Crippen molar-refractivity contribution in [3.63, 3.8) is 0 Å². The van der Waals surface area contributed by atoms with E-state index in [9.17, 15) is 9.59 Å². The Bertz CT molecular complexity index is 451. The number of carbonyl (C=O) groups excluding carboxylic acids is 1. The van der Waals surface area contributed by atoms with Crippen molar-refractivity contribution in [3.05, 3.63) is 28.0 Å². The zero-order valence-electron chi connectivity index (χ0n) is 8.98. The van der Waals surface area contributed by atoms with E-state index >= 15 is 0 Å². The normalized spacial score (nSPS) is 10.1. The molecular formula is C10H10Cl2N2O3. The molecule has 7 heteroatoms. The smallest absolute Gasteiger partial charge is 0.323 e. The number of hydrogen-bond donors (Lipinski definition) is 1. The Labute approximate surface area is 108 Å². The van der Waals surface area contributed by atoms with Crippen LogP contribution in [0.25, 0.3) is 0 Å². The van der Waals surface area contributed by atoms with Gasteiger partial charge in [0.2, 0.25) is 0 Å². The van der Waals surface area contributed by atoms with Crippen LogP contribution in [0.2, 0.25) is 10.3 Å². The van der Waals surface area contributed by atoms with Crippen molar-refractivity contribution in [2.45, 2.75) is 6.92 Å². The number of pyridine rings is 1. The highest BCUT2D eigenvalue weighted by molar-refractivity contribution is 6.34. The molecule has 0 aliphatic carbocycles. The molecule has 1 rings (SSSR count).